The fourth-order valence-corrected chi connectivity index (χ4v) is 3.35. The third-order valence-corrected chi connectivity index (χ3v) is 5.09. The molecular weight excluding hydrogens is 416 g/mol. The molecule has 0 saturated carbocycles. The van der Waals surface area contributed by atoms with Crippen molar-refractivity contribution in [3.8, 4) is 11.5 Å². The highest BCUT2D eigenvalue weighted by Crippen LogP contribution is 2.28. The molecule has 0 aliphatic rings. The zero-order valence-electron chi connectivity index (χ0n) is 18.2. The molecule has 164 valence electrons. The first kappa shape index (κ1) is 21.8. The summed E-state index contributed by atoms with van der Waals surface area (Å²) in [6.45, 7) is 1.95. The van der Waals surface area contributed by atoms with E-state index in [1.165, 1.54) is 13.3 Å². The number of ether oxygens (including phenoxy) is 2. The number of nitrogens with zero attached hydrogens (tertiary/aromatic N) is 1. The number of benzene rings is 4. The number of aryl methyl sites for hydroxylation is 1. The van der Waals surface area contributed by atoms with Gasteiger partial charge in [-0.25, -0.2) is 10.2 Å². The Hall–Kier alpha value is -4.45. The molecule has 0 aromatic heterocycles. The molecule has 0 atom stereocenters. The highest BCUT2D eigenvalue weighted by molar-refractivity contribution is 6.07. The van der Waals surface area contributed by atoms with Crippen LogP contribution in [0.15, 0.2) is 90.0 Å². The van der Waals surface area contributed by atoms with Gasteiger partial charge >= 0.3 is 5.97 Å². The number of carbonyl (C=O) groups is 2. The molecule has 0 radical (unpaired) electrons. The van der Waals surface area contributed by atoms with Gasteiger partial charge in [0.25, 0.3) is 5.91 Å². The average molecular weight is 438 g/mol. The van der Waals surface area contributed by atoms with Gasteiger partial charge in [-0.15, -0.1) is 0 Å². The smallest absolute Gasteiger partial charge is 0.343 e. The zero-order chi connectivity index (χ0) is 23.2. The summed E-state index contributed by atoms with van der Waals surface area (Å²) in [6, 6.07) is 25.3. The Bertz CT molecular complexity index is 1340. The van der Waals surface area contributed by atoms with Crippen molar-refractivity contribution >= 4 is 28.9 Å². The number of hydrogen-bond donors (Lipinski definition) is 1. The second-order valence-electron chi connectivity index (χ2n) is 7.39. The highest BCUT2D eigenvalue weighted by atomic mass is 16.6. The Morgan fingerprint density at radius 3 is 2.42 bits per heavy atom. The molecule has 0 spiro atoms. The minimum atomic E-state index is -0.475. The molecule has 0 saturated heterocycles. The van der Waals surface area contributed by atoms with E-state index < -0.39 is 5.97 Å². The van der Waals surface area contributed by atoms with Gasteiger partial charge in [-0.1, -0.05) is 54.1 Å². The summed E-state index contributed by atoms with van der Waals surface area (Å²) < 4.78 is 10.8. The van der Waals surface area contributed by atoms with Gasteiger partial charge in [0.1, 0.15) is 0 Å². The van der Waals surface area contributed by atoms with E-state index in [-0.39, 0.29) is 5.91 Å². The summed E-state index contributed by atoms with van der Waals surface area (Å²) >= 11 is 0. The van der Waals surface area contributed by atoms with Gasteiger partial charge in [0, 0.05) is 5.56 Å². The van der Waals surface area contributed by atoms with Crippen molar-refractivity contribution in [3.63, 3.8) is 0 Å². The first-order chi connectivity index (χ1) is 16.0. The quantitative estimate of drug-likeness (QED) is 0.196. The van der Waals surface area contributed by atoms with Crippen molar-refractivity contribution in [2.75, 3.05) is 7.11 Å². The monoisotopic (exact) mass is 438 g/mol. The summed E-state index contributed by atoms with van der Waals surface area (Å²) in [5.74, 6) is -0.115. The number of hydrogen-bond acceptors (Lipinski definition) is 5. The number of fused-ring (bicyclic) bond motifs is 1. The second kappa shape index (κ2) is 9.78. The zero-order valence-corrected chi connectivity index (χ0v) is 18.2. The predicted molar refractivity (Wildman–Crippen MR) is 128 cm³/mol. The number of rotatable bonds is 6. The predicted octanol–water partition coefficient (Wildman–Crippen LogP) is 5.14. The van der Waals surface area contributed by atoms with Gasteiger partial charge < -0.3 is 9.47 Å². The Morgan fingerprint density at radius 1 is 0.879 bits per heavy atom. The minimum absolute atomic E-state index is 0.292. The number of esters is 1. The Labute approximate surface area is 191 Å². The third-order valence-electron chi connectivity index (χ3n) is 5.09. The third kappa shape index (κ3) is 5.07. The van der Waals surface area contributed by atoms with Crippen molar-refractivity contribution in [1.82, 2.24) is 5.43 Å². The molecule has 4 aromatic carbocycles. The van der Waals surface area contributed by atoms with E-state index in [2.05, 4.69) is 10.5 Å². The lowest BCUT2D eigenvalue weighted by atomic mass is 10.0. The molecule has 6 heteroatoms. The van der Waals surface area contributed by atoms with Crippen molar-refractivity contribution in [3.05, 3.63) is 107 Å². The van der Waals surface area contributed by atoms with Gasteiger partial charge in [-0.05, 0) is 59.7 Å². The number of amides is 1. The van der Waals surface area contributed by atoms with Crippen LogP contribution in [-0.4, -0.2) is 25.2 Å². The maximum Gasteiger partial charge on any atom is 0.343 e. The van der Waals surface area contributed by atoms with E-state index >= 15 is 0 Å². The first-order valence-corrected chi connectivity index (χ1v) is 10.3. The Kier molecular flexibility index (Phi) is 6.45. The van der Waals surface area contributed by atoms with E-state index in [0.717, 1.165) is 16.3 Å². The molecule has 33 heavy (non-hydrogen) atoms. The Morgan fingerprint density at radius 2 is 1.64 bits per heavy atom. The maximum atomic E-state index is 12.6. The SMILES string of the molecule is COc1cc(/C=N/NC(=O)c2cccc3ccccc23)ccc1OC(=O)c1ccc(C)cc1. The lowest BCUT2D eigenvalue weighted by Gasteiger charge is -2.10. The van der Waals surface area contributed by atoms with Gasteiger partial charge in [0.15, 0.2) is 11.5 Å². The molecule has 0 unspecified atom stereocenters. The molecule has 0 fully saturated rings. The largest absolute Gasteiger partial charge is 0.493 e. The fourth-order valence-electron chi connectivity index (χ4n) is 3.35. The van der Waals surface area contributed by atoms with Crippen LogP contribution in [0, 0.1) is 6.92 Å². The lowest BCUT2D eigenvalue weighted by Crippen LogP contribution is -2.17. The van der Waals surface area contributed by atoms with E-state index in [0.29, 0.717) is 28.2 Å². The van der Waals surface area contributed by atoms with Crippen molar-refractivity contribution in [1.29, 1.82) is 0 Å². The maximum absolute atomic E-state index is 12.6. The molecule has 4 aromatic rings. The average Bonchev–Trinajstić information content (AvgIpc) is 2.84. The van der Waals surface area contributed by atoms with Crippen LogP contribution >= 0.6 is 0 Å². The van der Waals surface area contributed by atoms with Crippen LogP contribution in [0.3, 0.4) is 0 Å². The lowest BCUT2D eigenvalue weighted by molar-refractivity contribution is 0.0729. The molecular formula is C27H22N2O4. The van der Waals surface area contributed by atoms with Crippen LogP contribution in [0.4, 0.5) is 0 Å². The second-order valence-corrected chi connectivity index (χ2v) is 7.39. The van der Waals surface area contributed by atoms with E-state index in [1.54, 1.807) is 36.4 Å². The number of carbonyl (C=O) groups excluding carboxylic acids is 2. The molecule has 1 amide bonds. The van der Waals surface area contributed by atoms with E-state index in [1.807, 2.05) is 55.5 Å². The molecule has 6 nitrogen and oxygen atoms in total. The summed E-state index contributed by atoms with van der Waals surface area (Å²) in [5, 5.41) is 5.90. The van der Waals surface area contributed by atoms with E-state index in [4.69, 9.17) is 9.47 Å². The summed E-state index contributed by atoms with van der Waals surface area (Å²) in [4.78, 5) is 25.0. The van der Waals surface area contributed by atoms with Crippen molar-refractivity contribution in [2.24, 2.45) is 5.10 Å². The fraction of sp³-hybridized carbons (Fsp3) is 0.0741. The van der Waals surface area contributed by atoms with Gasteiger partial charge in [-0.3, -0.25) is 4.79 Å². The van der Waals surface area contributed by atoms with Crippen LogP contribution in [0.25, 0.3) is 10.8 Å². The highest BCUT2D eigenvalue weighted by Gasteiger charge is 2.13. The van der Waals surface area contributed by atoms with Gasteiger partial charge in [-0.2, -0.15) is 5.10 Å². The van der Waals surface area contributed by atoms with Crippen molar-refractivity contribution < 1.29 is 19.1 Å². The van der Waals surface area contributed by atoms with Crippen LogP contribution in [0.2, 0.25) is 0 Å². The van der Waals surface area contributed by atoms with Crippen LogP contribution in [0.1, 0.15) is 31.8 Å². The standard InChI is InChI=1S/C27H22N2O4/c1-18-10-13-21(14-11-18)27(31)33-24-15-12-19(16-25(24)32-2)17-28-29-26(30)23-9-5-7-20-6-3-4-8-22(20)23/h3-17H,1-2H3,(H,29,30)/b28-17+. The number of hydrazone groups is 1. The Balaban J connectivity index is 1.45. The van der Waals surface area contributed by atoms with Crippen LogP contribution < -0.4 is 14.9 Å². The number of nitrogens with one attached hydrogen (secondary N) is 1. The molecule has 0 aliphatic carbocycles. The molecule has 0 heterocycles. The van der Waals surface area contributed by atoms with Crippen LogP contribution in [-0.2, 0) is 0 Å². The van der Waals surface area contributed by atoms with Crippen LogP contribution in [0.5, 0.6) is 11.5 Å². The van der Waals surface area contributed by atoms with Crippen molar-refractivity contribution in [2.45, 2.75) is 6.92 Å². The topological polar surface area (TPSA) is 77.0 Å². The molecule has 0 bridgehead atoms. The summed E-state index contributed by atoms with van der Waals surface area (Å²) in [5.41, 5.74) is 5.27. The first-order valence-electron chi connectivity index (χ1n) is 10.3. The van der Waals surface area contributed by atoms with Gasteiger partial charge in [0.05, 0.1) is 18.9 Å². The van der Waals surface area contributed by atoms with Gasteiger partial charge in [0.2, 0.25) is 0 Å². The molecule has 4 rings (SSSR count). The summed E-state index contributed by atoms with van der Waals surface area (Å²) in [7, 11) is 1.49. The number of methoxy groups -OCH3 is 1. The van der Waals surface area contributed by atoms with E-state index in [9.17, 15) is 9.59 Å². The molecule has 0 aliphatic heterocycles. The summed E-state index contributed by atoms with van der Waals surface area (Å²) in [6.07, 6.45) is 1.50. The molecule has 1 N–H and O–H groups in total. The minimum Gasteiger partial charge on any atom is -0.493 e. The normalized spacial score (nSPS) is 10.8.